The van der Waals surface area contributed by atoms with Crippen LogP contribution in [0.25, 0.3) is 0 Å². The van der Waals surface area contributed by atoms with Crippen molar-refractivity contribution in [3.8, 4) is 0 Å². The Morgan fingerprint density at radius 2 is 2.05 bits per heavy atom. The van der Waals surface area contributed by atoms with Crippen LogP contribution in [0.1, 0.15) is 57.6 Å². The van der Waals surface area contributed by atoms with Gasteiger partial charge in [-0.25, -0.2) is 4.98 Å². The van der Waals surface area contributed by atoms with Crippen LogP contribution in [0.3, 0.4) is 0 Å². The third kappa shape index (κ3) is 2.76. The average Bonchev–Trinajstić information content (AvgIpc) is 2.84. The molecule has 0 amide bonds. The fourth-order valence-corrected chi connectivity index (χ4v) is 3.21. The first-order chi connectivity index (χ1) is 9.24. The Bertz CT molecular complexity index is 409. The molecular weight excluding hydrogens is 234 g/mol. The molecule has 3 nitrogen and oxygen atoms in total. The van der Waals surface area contributed by atoms with E-state index in [4.69, 9.17) is 0 Å². The fourth-order valence-electron chi connectivity index (χ4n) is 3.21. The molecule has 2 aliphatic rings. The van der Waals surface area contributed by atoms with Crippen LogP contribution < -0.4 is 5.32 Å². The Balaban J connectivity index is 1.67. The normalized spacial score (nSPS) is 24.7. The molecule has 19 heavy (non-hydrogen) atoms. The maximum Gasteiger partial charge on any atom is 0.126 e. The zero-order chi connectivity index (χ0) is 13.2. The molecule has 1 aromatic heterocycles. The minimum absolute atomic E-state index is 0.574. The molecule has 1 aromatic rings. The Kier molecular flexibility index (Phi) is 3.74. The van der Waals surface area contributed by atoms with E-state index in [1.807, 2.05) is 0 Å². The lowest BCUT2D eigenvalue weighted by Gasteiger charge is -2.29. The van der Waals surface area contributed by atoms with Crippen LogP contribution in [0.15, 0.2) is 18.3 Å². The van der Waals surface area contributed by atoms with Crippen LogP contribution in [0.5, 0.6) is 0 Å². The summed E-state index contributed by atoms with van der Waals surface area (Å²) in [5, 5.41) is 3.51. The number of pyridine rings is 1. The highest BCUT2D eigenvalue weighted by Crippen LogP contribution is 2.33. The van der Waals surface area contributed by atoms with Gasteiger partial charge in [-0.15, -0.1) is 0 Å². The Morgan fingerprint density at radius 3 is 2.63 bits per heavy atom. The molecule has 104 valence electrons. The Hall–Kier alpha value is -1.09. The van der Waals surface area contributed by atoms with Crippen LogP contribution in [-0.2, 0) is 0 Å². The summed E-state index contributed by atoms with van der Waals surface area (Å²) in [7, 11) is 0. The molecule has 1 saturated heterocycles. The molecule has 2 heterocycles. The predicted molar refractivity (Wildman–Crippen MR) is 79.3 cm³/mol. The molecule has 1 N–H and O–H groups in total. The number of nitrogens with zero attached hydrogens (tertiary/aromatic N) is 2. The van der Waals surface area contributed by atoms with Crippen LogP contribution in [-0.4, -0.2) is 28.5 Å². The molecule has 1 atom stereocenters. The fraction of sp³-hybridized carbons (Fsp3) is 0.688. The lowest BCUT2D eigenvalue weighted by atomic mass is 9.93. The summed E-state index contributed by atoms with van der Waals surface area (Å²) in [6.07, 6.45) is 8.62. The number of aromatic nitrogens is 1. The lowest BCUT2D eigenvalue weighted by molar-refractivity contribution is 0.205. The second-order valence-electron chi connectivity index (χ2n) is 6.24. The number of hydrogen-bond acceptors (Lipinski definition) is 3. The van der Waals surface area contributed by atoms with Gasteiger partial charge in [0.25, 0.3) is 0 Å². The Labute approximate surface area is 116 Å². The summed E-state index contributed by atoms with van der Waals surface area (Å²) >= 11 is 0. The van der Waals surface area contributed by atoms with E-state index in [1.165, 1.54) is 44.2 Å². The topological polar surface area (TPSA) is 28.2 Å². The first-order valence-electron chi connectivity index (χ1n) is 7.72. The van der Waals surface area contributed by atoms with Crippen LogP contribution in [0, 0.1) is 0 Å². The van der Waals surface area contributed by atoms with Crippen molar-refractivity contribution in [2.24, 2.45) is 0 Å². The van der Waals surface area contributed by atoms with Gasteiger partial charge < -0.3 is 5.32 Å². The van der Waals surface area contributed by atoms with E-state index in [9.17, 15) is 0 Å². The number of nitrogens with one attached hydrogen (secondary N) is 1. The van der Waals surface area contributed by atoms with E-state index < -0.39 is 0 Å². The maximum atomic E-state index is 4.60. The predicted octanol–water partition coefficient (Wildman–Crippen LogP) is 3.59. The summed E-state index contributed by atoms with van der Waals surface area (Å²) in [6, 6.07) is 6.28. The zero-order valence-corrected chi connectivity index (χ0v) is 12.1. The van der Waals surface area contributed by atoms with E-state index in [1.54, 1.807) is 0 Å². The Morgan fingerprint density at radius 1 is 1.21 bits per heavy atom. The molecule has 1 unspecified atom stereocenters. The van der Waals surface area contributed by atoms with Gasteiger partial charge in [-0.05, 0) is 64.1 Å². The highest BCUT2D eigenvalue weighted by Gasteiger charge is 2.28. The van der Waals surface area contributed by atoms with Crippen molar-refractivity contribution in [3.05, 3.63) is 23.9 Å². The zero-order valence-electron chi connectivity index (χ0n) is 12.1. The number of likely N-dealkylation sites (tertiary alicyclic amines) is 1. The van der Waals surface area contributed by atoms with Gasteiger partial charge in [0, 0.05) is 24.3 Å². The standard InChI is InChI=1S/C16H25N3/c1-12(2)19-10-4-7-15(19)13-8-9-16(17-11-13)18-14-5-3-6-14/h8-9,11-12,14-15H,3-7,10H2,1-2H3,(H,17,18). The monoisotopic (exact) mass is 259 g/mol. The third-order valence-electron chi connectivity index (χ3n) is 4.59. The van der Waals surface area contributed by atoms with Gasteiger partial charge in [0.15, 0.2) is 0 Å². The van der Waals surface area contributed by atoms with Gasteiger partial charge in [0.2, 0.25) is 0 Å². The quantitative estimate of drug-likeness (QED) is 0.895. The molecule has 1 aliphatic heterocycles. The van der Waals surface area contributed by atoms with E-state index in [0.717, 1.165) is 5.82 Å². The van der Waals surface area contributed by atoms with Crippen molar-refractivity contribution in [2.45, 2.75) is 64.1 Å². The third-order valence-corrected chi connectivity index (χ3v) is 4.59. The summed E-state index contributed by atoms with van der Waals surface area (Å²) in [5.41, 5.74) is 1.38. The van der Waals surface area contributed by atoms with Crippen molar-refractivity contribution >= 4 is 5.82 Å². The van der Waals surface area contributed by atoms with Crippen molar-refractivity contribution in [1.82, 2.24) is 9.88 Å². The van der Waals surface area contributed by atoms with Crippen molar-refractivity contribution in [2.75, 3.05) is 11.9 Å². The number of hydrogen-bond donors (Lipinski definition) is 1. The minimum atomic E-state index is 0.574. The first-order valence-corrected chi connectivity index (χ1v) is 7.72. The summed E-state index contributed by atoms with van der Waals surface area (Å²) < 4.78 is 0. The maximum absolute atomic E-state index is 4.60. The van der Waals surface area contributed by atoms with E-state index >= 15 is 0 Å². The largest absolute Gasteiger partial charge is 0.367 e. The SMILES string of the molecule is CC(C)N1CCCC1c1ccc(NC2CCC2)nc1. The highest BCUT2D eigenvalue weighted by atomic mass is 15.2. The summed E-state index contributed by atoms with van der Waals surface area (Å²) in [5.74, 6) is 1.04. The summed E-state index contributed by atoms with van der Waals surface area (Å²) in [4.78, 5) is 7.19. The van der Waals surface area contributed by atoms with Gasteiger partial charge in [0.05, 0.1) is 0 Å². The molecule has 3 rings (SSSR count). The molecule has 0 aromatic carbocycles. The van der Waals surface area contributed by atoms with Crippen molar-refractivity contribution in [1.29, 1.82) is 0 Å². The highest BCUT2D eigenvalue weighted by molar-refractivity contribution is 5.38. The average molecular weight is 259 g/mol. The second-order valence-corrected chi connectivity index (χ2v) is 6.24. The molecule has 1 aliphatic carbocycles. The van der Waals surface area contributed by atoms with Gasteiger partial charge >= 0.3 is 0 Å². The van der Waals surface area contributed by atoms with Crippen molar-refractivity contribution in [3.63, 3.8) is 0 Å². The molecular formula is C16H25N3. The van der Waals surface area contributed by atoms with E-state index in [-0.39, 0.29) is 0 Å². The first kappa shape index (κ1) is 12.9. The smallest absolute Gasteiger partial charge is 0.126 e. The molecule has 0 spiro atoms. The van der Waals surface area contributed by atoms with Gasteiger partial charge in [-0.3, -0.25) is 4.90 Å². The molecule has 0 radical (unpaired) electrons. The molecule has 1 saturated carbocycles. The van der Waals surface area contributed by atoms with E-state index in [0.29, 0.717) is 18.1 Å². The minimum Gasteiger partial charge on any atom is -0.367 e. The van der Waals surface area contributed by atoms with Crippen LogP contribution >= 0.6 is 0 Å². The van der Waals surface area contributed by atoms with Gasteiger partial charge in [0.1, 0.15) is 5.82 Å². The second kappa shape index (κ2) is 5.49. The van der Waals surface area contributed by atoms with Gasteiger partial charge in [-0.2, -0.15) is 0 Å². The molecule has 0 bridgehead atoms. The van der Waals surface area contributed by atoms with Gasteiger partial charge in [-0.1, -0.05) is 6.07 Å². The molecule has 2 fully saturated rings. The van der Waals surface area contributed by atoms with E-state index in [2.05, 4.69) is 47.4 Å². The van der Waals surface area contributed by atoms with Crippen LogP contribution in [0.2, 0.25) is 0 Å². The lowest BCUT2D eigenvalue weighted by Crippen LogP contribution is -2.30. The molecule has 3 heteroatoms. The van der Waals surface area contributed by atoms with Crippen LogP contribution in [0.4, 0.5) is 5.82 Å². The van der Waals surface area contributed by atoms with Crippen molar-refractivity contribution < 1.29 is 0 Å². The number of anilines is 1. The summed E-state index contributed by atoms with van der Waals surface area (Å²) in [6.45, 7) is 5.81. The number of rotatable bonds is 4.